The molecule has 2 heterocycles. The maximum absolute atomic E-state index is 12.1. The maximum atomic E-state index is 12.1. The summed E-state index contributed by atoms with van der Waals surface area (Å²) in [4.78, 5) is 31.1. The molecular formula is C19H22N4O2. The highest BCUT2D eigenvalue weighted by atomic mass is 16.1. The molecule has 2 amide bonds. The molecule has 0 unspecified atom stereocenters. The Morgan fingerprint density at radius 3 is 2.48 bits per heavy atom. The van der Waals surface area contributed by atoms with Crippen LogP contribution < -0.4 is 10.2 Å². The third-order valence-corrected chi connectivity index (χ3v) is 4.31. The Morgan fingerprint density at radius 1 is 1.08 bits per heavy atom. The van der Waals surface area contributed by atoms with Crippen LogP contribution in [0.25, 0.3) is 0 Å². The zero-order valence-corrected chi connectivity index (χ0v) is 14.1. The highest BCUT2D eigenvalue weighted by molar-refractivity contribution is 5.91. The molecule has 0 spiro atoms. The molecule has 0 aliphatic carbocycles. The highest BCUT2D eigenvalue weighted by Gasteiger charge is 2.15. The van der Waals surface area contributed by atoms with Crippen molar-refractivity contribution in [2.24, 2.45) is 0 Å². The first-order valence-electron chi connectivity index (χ1n) is 8.49. The van der Waals surface area contributed by atoms with Gasteiger partial charge in [-0.05, 0) is 42.8 Å². The van der Waals surface area contributed by atoms with Gasteiger partial charge in [-0.3, -0.25) is 14.6 Å². The Bertz CT molecular complexity index is 695. The second-order valence-electron chi connectivity index (χ2n) is 6.04. The van der Waals surface area contributed by atoms with Crippen molar-refractivity contribution in [1.82, 2.24) is 9.88 Å². The van der Waals surface area contributed by atoms with Gasteiger partial charge in [0.05, 0.1) is 0 Å². The quantitative estimate of drug-likeness (QED) is 0.818. The van der Waals surface area contributed by atoms with E-state index in [1.165, 1.54) is 0 Å². The predicted octanol–water partition coefficient (Wildman–Crippen LogP) is 1.93. The molecule has 0 bridgehead atoms. The third kappa shape index (κ3) is 4.79. The van der Waals surface area contributed by atoms with Gasteiger partial charge in [-0.1, -0.05) is 6.07 Å². The minimum atomic E-state index is -0.0157. The number of piperazine rings is 1. The number of hydrogen-bond donors (Lipinski definition) is 1. The van der Waals surface area contributed by atoms with Crippen LogP contribution in [0.15, 0.2) is 48.7 Å². The summed E-state index contributed by atoms with van der Waals surface area (Å²) in [7, 11) is 0. The number of hydrogen-bond acceptors (Lipinski definition) is 4. The predicted molar refractivity (Wildman–Crippen MR) is 97.5 cm³/mol. The van der Waals surface area contributed by atoms with Gasteiger partial charge in [-0.25, -0.2) is 0 Å². The minimum Gasteiger partial charge on any atom is -0.368 e. The van der Waals surface area contributed by atoms with E-state index < -0.39 is 0 Å². The van der Waals surface area contributed by atoms with Crippen LogP contribution in [-0.4, -0.2) is 48.4 Å². The van der Waals surface area contributed by atoms with Crippen LogP contribution >= 0.6 is 0 Å². The second-order valence-corrected chi connectivity index (χ2v) is 6.04. The number of carbonyl (C=O) groups is 2. The van der Waals surface area contributed by atoms with Gasteiger partial charge >= 0.3 is 0 Å². The van der Waals surface area contributed by atoms with Gasteiger partial charge in [0.15, 0.2) is 0 Å². The molecule has 2 aromatic rings. The lowest BCUT2D eigenvalue weighted by atomic mass is 10.2. The normalized spacial score (nSPS) is 14.2. The smallest absolute Gasteiger partial charge is 0.224 e. The van der Waals surface area contributed by atoms with Gasteiger partial charge < -0.3 is 15.1 Å². The molecule has 1 N–H and O–H groups in total. The van der Waals surface area contributed by atoms with E-state index in [9.17, 15) is 9.59 Å². The van der Waals surface area contributed by atoms with E-state index in [0.29, 0.717) is 12.8 Å². The van der Waals surface area contributed by atoms with Crippen molar-refractivity contribution in [1.29, 1.82) is 0 Å². The molecule has 25 heavy (non-hydrogen) atoms. The van der Waals surface area contributed by atoms with Crippen LogP contribution in [0.2, 0.25) is 0 Å². The van der Waals surface area contributed by atoms with Crippen LogP contribution in [0.3, 0.4) is 0 Å². The Kier molecular flexibility index (Phi) is 5.61. The number of pyridine rings is 1. The fourth-order valence-corrected chi connectivity index (χ4v) is 2.85. The van der Waals surface area contributed by atoms with Crippen molar-refractivity contribution in [3.8, 4) is 0 Å². The maximum Gasteiger partial charge on any atom is 0.224 e. The SMILES string of the molecule is O=CN1CCN(c2ccc(NC(=O)CCc3ccccn3)cc2)CC1. The Morgan fingerprint density at radius 2 is 1.84 bits per heavy atom. The molecule has 130 valence electrons. The van der Waals surface area contributed by atoms with Crippen LogP contribution in [0.1, 0.15) is 12.1 Å². The van der Waals surface area contributed by atoms with Gasteiger partial charge in [0.1, 0.15) is 0 Å². The molecule has 0 saturated carbocycles. The number of nitrogens with zero attached hydrogens (tertiary/aromatic N) is 3. The zero-order chi connectivity index (χ0) is 17.5. The van der Waals surface area contributed by atoms with E-state index in [1.807, 2.05) is 42.5 Å². The summed E-state index contributed by atoms with van der Waals surface area (Å²) >= 11 is 0. The van der Waals surface area contributed by atoms with E-state index in [0.717, 1.165) is 49.7 Å². The lowest BCUT2D eigenvalue weighted by Crippen LogP contribution is -2.45. The number of aryl methyl sites for hydroxylation is 1. The number of carbonyl (C=O) groups excluding carboxylic acids is 2. The van der Waals surface area contributed by atoms with E-state index in [1.54, 1.807) is 11.1 Å². The lowest BCUT2D eigenvalue weighted by Gasteiger charge is -2.34. The molecule has 1 aliphatic heterocycles. The highest BCUT2D eigenvalue weighted by Crippen LogP contribution is 2.19. The summed E-state index contributed by atoms with van der Waals surface area (Å²) in [5, 5.41) is 2.92. The summed E-state index contributed by atoms with van der Waals surface area (Å²) in [6.07, 6.45) is 3.68. The van der Waals surface area contributed by atoms with Gasteiger partial charge in [0, 0.05) is 55.9 Å². The first kappa shape index (κ1) is 17.0. The summed E-state index contributed by atoms with van der Waals surface area (Å²) in [6, 6.07) is 13.6. The van der Waals surface area contributed by atoms with Crippen LogP contribution in [0.5, 0.6) is 0 Å². The van der Waals surface area contributed by atoms with Crippen molar-refractivity contribution in [2.45, 2.75) is 12.8 Å². The van der Waals surface area contributed by atoms with Crippen LogP contribution in [-0.2, 0) is 16.0 Å². The summed E-state index contributed by atoms with van der Waals surface area (Å²) in [6.45, 7) is 3.15. The molecule has 1 saturated heterocycles. The van der Waals surface area contributed by atoms with Crippen molar-refractivity contribution >= 4 is 23.7 Å². The summed E-state index contributed by atoms with van der Waals surface area (Å²) < 4.78 is 0. The Labute approximate surface area is 147 Å². The largest absolute Gasteiger partial charge is 0.368 e. The third-order valence-electron chi connectivity index (χ3n) is 4.31. The fourth-order valence-electron chi connectivity index (χ4n) is 2.85. The number of rotatable bonds is 6. The number of aromatic nitrogens is 1. The molecule has 6 heteroatoms. The number of anilines is 2. The lowest BCUT2D eigenvalue weighted by molar-refractivity contribution is -0.118. The minimum absolute atomic E-state index is 0.0157. The van der Waals surface area contributed by atoms with Crippen molar-refractivity contribution < 1.29 is 9.59 Å². The van der Waals surface area contributed by atoms with Gasteiger partial charge in [0.2, 0.25) is 12.3 Å². The van der Waals surface area contributed by atoms with Gasteiger partial charge in [0.25, 0.3) is 0 Å². The summed E-state index contributed by atoms with van der Waals surface area (Å²) in [5.74, 6) is -0.0157. The van der Waals surface area contributed by atoms with Crippen molar-refractivity contribution in [3.63, 3.8) is 0 Å². The molecule has 1 aromatic heterocycles. The van der Waals surface area contributed by atoms with E-state index in [-0.39, 0.29) is 5.91 Å². The summed E-state index contributed by atoms with van der Waals surface area (Å²) in [5.41, 5.74) is 2.82. The first-order chi connectivity index (χ1) is 12.2. The van der Waals surface area contributed by atoms with E-state index >= 15 is 0 Å². The topological polar surface area (TPSA) is 65.5 Å². The Hall–Kier alpha value is -2.89. The zero-order valence-electron chi connectivity index (χ0n) is 14.1. The molecule has 0 radical (unpaired) electrons. The fraction of sp³-hybridized carbons (Fsp3) is 0.316. The Balaban J connectivity index is 1.49. The van der Waals surface area contributed by atoms with E-state index in [2.05, 4.69) is 15.2 Å². The average Bonchev–Trinajstić information content (AvgIpc) is 2.68. The molecule has 3 rings (SSSR count). The van der Waals surface area contributed by atoms with Gasteiger partial charge in [-0.2, -0.15) is 0 Å². The molecular weight excluding hydrogens is 316 g/mol. The number of benzene rings is 1. The first-order valence-corrected chi connectivity index (χ1v) is 8.49. The van der Waals surface area contributed by atoms with Crippen molar-refractivity contribution in [3.05, 3.63) is 54.4 Å². The van der Waals surface area contributed by atoms with E-state index in [4.69, 9.17) is 0 Å². The number of amides is 2. The molecule has 1 fully saturated rings. The van der Waals surface area contributed by atoms with Crippen LogP contribution in [0.4, 0.5) is 11.4 Å². The standard InChI is InChI=1S/C19H22N4O2/c24-15-22-11-13-23(14-12-22)18-7-4-17(5-8-18)21-19(25)9-6-16-3-1-2-10-20-16/h1-5,7-8,10,15H,6,9,11-14H2,(H,21,25). The van der Waals surface area contributed by atoms with Crippen molar-refractivity contribution in [2.75, 3.05) is 36.4 Å². The molecule has 1 aromatic carbocycles. The monoisotopic (exact) mass is 338 g/mol. The van der Waals surface area contributed by atoms with Gasteiger partial charge in [-0.15, -0.1) is 0 Å². The average molecular weight is 338 g/mol. The molecule has 6 nitrogen and oxygen atoms in total. The van der Waals surface area contributed by atoms with Crippen LogP contribution in [0, 0.1) is 0 Å². The second kappa shape index (κ2) is 8.28. The molecule has 0 atom stereocenters. The number of nitrogens with one attached hydrogen (secondary N) is 1. The molecule has 1 aliphatic rings.